The highest BCUT2D eigenvalue weighted by Crippen LogP contribution is 2.55. The largest absolute Gasteiger partial charge is 0.497 e. The lowest BCUT2D eigenvalue weighted by atomic mass is 9.80. The van der Waals surface area contributed by atoms with Gasteiger partial charge in [-0.25, -0.2) is 9.46 Å². The van der Waals surface area contributed by atoms with Gasteiger partial charge in [-0.15, -0.1) is 0 Å². The Labute approximate surface area is 321 Å². The van der Waals surface area contributed by atoms with Crippen LogP contribution in [0.4, 0.5) is 0 Å². The number of nitrogens with zero attached hydrogens (tertiary/aromatic N) is 3. The summed E-state index contributed by atoms with van der Waals surface area (Å²) in [5.74, 6) is 1.41. The van der Waals surface area contributed by atoms with E-state index in [0.717, 1.165) is 16.7 Å². The molecule has 290 valence electrons. The topological polar surface area (TPSA) is 146 Å². The van der Waals surface area contributed by atoms with Crippen molar-refractivity contribution < 1.29 is 32.7 Å². The number of benzene rings is 3. The summed E-state index contributed by atoms with van der Waals surface area (Å²) in [7, 11) is 1.31. The predicted molar refractivity (Wildman–Crippen MR) is 206 cm³/mol. The molecule has 3 aromatic carbocycles. The van der Waals surface area contributed by atoms with Gasteiger partial charge < -0.3 is 32.7 Å². The Kier molecular flexibility index (Phi) is 12.4. The van der Waals surface area contributed by atoms with Crippen LogP contribution in [0, 0.1) is 11.3 Å². The van der Waals surface area contributed by atoms with E-state index in [2.05, 4.69) is 43.4 Å². The van der Waals surface area contributed by atoms with Gasteiger partial charge in [0.25, 0.3) is 11.5 Å². The van der Waals surface area contributed by atoms with Crippen molar-refractivity contribution in [3.63, 3.8) is 0 Å². The van der Waals surface area contributed by atoms with Crippen LogP contribution < -0.4 is 20.7 Å². The van der Waals surface area contributed by atoms with Crippen molar-refractivity contribution in [3.8, 4) is 17.6 Å². The Morgan fingerprint density at radius 2 is 1.45 bits per heavy atom. The van der Waals surface area contributed by atoms with Crippen molar-refractivity contribution in [2.24, 2.45) is 0 Å². The zero-order valence-electron chi connectivity index (χ0n) is 32.0. The number of nitriles is 1. The van der Waals surface area contributed by atoms with Crippen LogP contribution in [0.25, 0.3) is 0 Å². The Morgan fingerprint density at radius 1 is 0.873 bits per heavy atom. The van der Waals surface area contributed by atoms with Gasteiger partial charge in [0.05, 0.1) is 45.0 Å². The quantitative estimate of drug-likeness (QED) is 0.0559. The van der Waals surface area contributed by atoms with Crippen LogP contribution in [-0.4, -0.2) is 65.4 Å². The van der Waals surface area contributed by atoms with E-state index in [9.17, 15) is 14.9 Å². The second-order valence-corrected chi connectivity index (χ2v) is 15.1. The van der Waals surface area contributed by atoms with Crippen LogP contribution in [0.5, 0.6) is 11.5 Å². The maximum absolute atomic E-state index is 13.1. The number of rotatable bonds is 16. The third kappa shape index (κ3) is 8.06. The highest BCUT2D eigenvalue weighted by Gasteiger charge is 2.56. The van der Waals surface area contributed by atoms with Gasteiger partial charge in [0.15, 0.2) is 11.8 Å². The molecule has 13 nitrogen and oxygen atoms in total. The molecule has 0 aliphatic carbocycles. The number of nitrogens with one attached hydrogen (secondary N) is 1. The Balaban J connectivity index is 1.64. The number of H-pyrrole nitrogens is 1. The van der Waals surface area contributed by atoms with Crippen LogP contribution in [0.3, 0.4) is 0 Å². The number of ether oxygens (including phenoxy) is 5. The fraction of sp³-hybridized carbons (Fsp3) is 0.390. The summed E-state index contributed by atoms with van der Waals surface area (Å²) in [6.07, 6.45) is -1.45. The molecule has 55 heavy (non-hydrogen) atoms. The molecule has 2 aliphatic heterocycles. The van der Waals surface area contributed by atoms with E-state index in [4.69, 9.17) is 32.7 Å². The van der Waals surface area contributed by atoms with E-state index in [0.29, 0.717) is 17.1 Å². The molecule has 3 heterocycles. The van der Waals surface area contributed by atoms with Crippen molar-refractivity contribution in [2.75, 3.05) is 20.8 Å². The molecule has 0 amide bonds. The summed E-state index contributed by atoms with van der Waals surface area (Å²) in [4.78, 5) is 27.5. The van der Waals surface area contributed by atoms with E-state index >= 15 is 0 Å². The molecular formula is C41H47N4O9P. The second kappa shape index (κ2) is 17.2. The molecule has 2 bridgehead atoms. The first-order valence-electron chi connectivity index (χ1n) is 18.2. The smallest absolute Gasteiger partial charge is 0.330 e. The van der Waals surface area contributed by atoms with Crippen LogP contribution in [0.2, 0.25) is 0 Å². The Bertz CT molecular complexity index is 2040. The van der Waals surface area contributed by atoms with Crippen molar-refractivity contribution in [3.05, 3.63) is 140 Å². The third-order valence-electron chi connectivity index (χ3n) is 9.55. The van der Waals surface area contributed by atoms with Crippen LogP contribution >= 0.6 is 8.53 Å². The lowest BCUT2D eigenvalue weighted by Crippen LogP contribution is -2.39. The van der Waals surface area contributed by atoms with E-state index in [1.54, 1.807) is 14.2 Å². The summed E-state index contributed by atoms with van der Waals surface area (Å²) >= 11 is 0. The fourth-order valence-electron chi connectivity index (χ4n) is 7.11. The molecular weight excluding hydrogens is 723 g/mol. The molecule has 2 saturated heterocycles. The van der Waals surface area contributed by atoms with E-state index < -0.39 is 49.9 Å². The van der Waals surface area contributed by atoms with Crippen LogP contribution in [-0.2, 0) is 28.9 Å². The first-order valence-corrected chi connectivity index (χ1v) is 19.3. The number of aromatic nitrogens is 2. The average Bonchev–Trinajstić information content (AvgIpc) is 3.70. The van der Waals surface area contributed by atoms with Gasteiger partial charge in [-0.05, 0) is 58.9 Å². The normalized spacial score (nSPS) is 20.7. The molecule has 5 atom stereocenters. The molecule has 4 aromatic rings. The first kappa shape index (κ1) is 39.7. The molecule has 2 fully saturated rings. The zero-order valence-corrected chi connectivity index (χ0v) is 32.9. The van der Waals surface area contributed by atoms with Gasteiger partial charge >= 0.3 is 14.2 Å². The molecule has 0 radical (unpaired) electrons. The SMILES string of the molecule is COc1ccc(C(OC(OP(OCCC#N)N(C(C)C)C(C)C)=C2[C@H]3O[C@@H](n4ccc(=O)[nH]c4=O)[C@H]2O[C@@H]3C)(c2ccccc2)c2ccc(OC)cc2)cc1. The van der Waals surface area contributed by atoms with Gasteiger partial charge in [0, 0.05) is 41.0 Å². The average molecular weight is 771 g/mol. The summed E-state index contributed by atoms with van der Waals surface area (Å²) in [6.45, 7) is 10.2. The molecule has 1 aromatic heterocycles. The van der Waals surface area contributed by atoms with Gasteiger partial charge in [-0.2, -0.15) is 5.26 Å². The maximum atomic E-state index is 13.1. The molecule has 6 rings (SSSR count). The Morgan fingerprint density at radius 3 is 1.98 bits per heavy atom. The van der Waals surface area contributed by atoms with Crippen molar-refractivity contribution >= 4 is 8.53 Å². The summed E-state index contributed by atoms with van der Waals surface area (Å²) in [6, 6.07) is 28.4. The molecule has 14 heteroatoms. The Hall–Kier alpha value is -4.96. The highest BCUT2D eigenvalue weighted by molar-refractivity contribution is 7.44. The number of methoxy groups -OCH3 is 2. The molecule has 1 N–H and O–H groups in total. The van der Waals surface area contributed by atoms with Crippen LogP contribution in [0.1, 0.15) is 64.0 Å². The standard InChI is InChI=1S/C41H47N4O9P/c1-26(2)45(27(3)4)55(50-25-11-23-42)54-39(35-36-28(5)51-37(35)38(52-36)44-24-22-34(46)43-40(44)47)53-41(29-12-9-8-10-13-29,30-14-18-32(48-6)19-15-30)31-16-20-33(49-7)21-17-31/h8-10,12-22,24,26-28,36-38H,11,25H2,1-7H3,(H,43,46,47)/t28-,36+,37+,38-,55?/m1/s1. The highest BCUT2D eigenvalue weighted by atomic mass is 31.2. The van der Waals surface area contributed by atoms with Gasteiger partial charge in [-0.1, -0.05) is 54.6 Å². The number of hydrogen-bond acceptors (Lipinski definition) is 11. The second-order valence-electron chi connectivity index (χ2n) is 13.7. The molecule has 2 aliphatic rings. The van der Waals surface area contributed by atoms with Crippen molar-refractivity contribution in [2.45, 2.75) is 83.3 Å². The maximum Gasteiger partial charge on any atom is 0.330 e. The number of hydrogen-bond donors (Lipinski definition) is 1. The number of fused-ring (bicyclic) bond motifs is 2. The lowest BCUT2D eigenvalue weighted by Gasteiger charge is -2.40. The zero-order chi connectivity index (χ0) is 39.3. The summed E-state index contributed by atoms with van der Waals surface area (Å²) in [5.41, 5.74) is 0.259. The monoisotopic (exact) mass is 770 g/mol. The lowest BCUT2D eigenvalue weighted by molar-refractivity contribution is -0.160. The minimum atomic E-state index is -1.92. The van der Waals surface area contributed by atoms with Gasteiger partial charge in [0.1, 0.15) is 23.7 Å². The van der Waals surface area contributed by atoms with E-state index in [-0.39, 0.29) is 31.1 Å². The van der Waals surface area contributed by atoms with Gasteiger partial charge in [-0.3, -0.25) is 14.3 Å². The third-order valence-corrected chi connectivity index (χ3v) is 11.6. The van der Waals surface area contributed by atoms with Crippen molar-refractivity contribution in [1.29, 1.82) is 5.26 Å². The van der Waals surface area contributed by atoms with E-state index in [1.165, 1.54) is 16.8 Å². The van der Waals surface area contributed by atoms with Crippen LogP contribution in [0.15, 0.2) is 112 Å². The summed E-state index contributed by atoms with van der Waals surface area (Å²) < 4.78 is 48.7. The van der Waals surface area contributed by atoms with Crippen molar-refractivity contribution in [1.82, 2.24) is 14.2 Å². The number of aromatic amines is 1. The first-order chi connectivity index (χ1) is 26.5. The fourth-order valence-corrected chi connectivity index (χ4v) is 8.68. The minimum absolute atomic E-state index is 0.0271. The van der Waals surface area contributed by atoms with Gasteiger partial charge in [0.2, 0.25) is 0 Å². The summed E-state index contributed by atoms with van der Waals surface area (Å²) in [5, 5.41) is 9.47. The molecule has 0 saturated carbocycles. The van der Waals surface area contributed by atoms with E-state index in [1.807, 2.05) is 85.8 Å². The predicted octanol–water partition coefficient (Wildman–Crippen LogP) is 6.75. The minimum Gasteiger partial charge on any atom is -0.497 e. The molecule has 0 spiro atoms. The molecule has 1 unspecified atom stereocenters.